The molecule has 0 spiro atoms. The summed E-state index contributed by atoms with van der Waals surface area (Å²) in [4.78, 5) is 0. The first-order valence-electron chi connectivity index (χ1n) is 6.45. The Hall–Kier alpha value is -3.14. The van der Waals surface area contributed by atoms with Crippen LogP contribution in [0.25, 0.3) is 10.8 Å². The minimum atomic E-state index is 0.549. The van der Waals surface area contributed by atoms with E-state index in [0.29, 0.717) is 23.0 Å². The van der Waals surface area contributed by atoms with Gasteiger partial charge in [-0.15, -0.1) is 0 Å². The van der Waals surface area contributed by atoms with E-state index in [1.54, 1.807) is 12.1 Å². The van der Waals surface area contributed by atoms with E-state index in [1.807, 2.05) is 12.1 Å². The number of rotatable bonds is 8. The van der Waals surface area contributed by atoms with Gasteiger partial charge in [-0.25, -0.2) is 0 Å². The van der Waals surface area contributed by atoms with Crippen molar-refractivity contribution in [3.05, 3.63) is 75.6 Å². The zero-order valence-electron chi connectivity index (χ0n) is 12.1. The number of hydrogen-bond donors (Lipinski definition) is 0. The fourth-order valence-corrected chi connectivity index (χ4v) is 2.05. The SMILES string of the molecule is C=COc1cc(OC=C)c2cc(OC=C)cc(OC=C)c2c1. The largest absolute Gasteiger partial charge is 0.465 e. The molecule has 0 saturated carbocycles. The van der Waals surface area contributed by atoms with Gasteiger partial charge in [0.1, 0.15) is 23.0 Å². The molecule has 2 rings (SSSR count). The van der Waals surface area contributed by atoms with Gasteiger partial charge in [0.25, 0.3) is 0 Å². The van der Waals surface area contributed by atoms with Crippen molar-refractivity contribution in [1.82, 2.24) is 0 Å². The second kappa shape index (κ2) is 7.04. The number of benzene rings is 2. The lowest BCUT2D eigenvalue weighted by atomic mass is 10.1. The molecular formula is C18H16O4. The topological polar surface area (TPSA) is 36.9 Å². The summed E-state index contributed by atoms with van der Waals surface area (Å²) in [6.45, 7) is 14.3. The molecule has 0 aliphatic heterocycles. The van der Waals surface area contributed by atoms with Crippen LogP contribution in [0.2, 0.25) is 0 Å². The Balaban J connectivity index is 2.76. The van der Waals surface area contributed by atoms with Gasteiger partial charge in [-0.3, -0.25) is 0 Å². The predicted octanol–water partition coefficient (Wildman–Crippen LogP) is 4.93. The molecule has 2 aromatic carbocycles. The van der Waals surface area contributed by atoms with Gasteiger partial charge in [0, 0.05) is 22.9 Å². The third kappa shape index (κ3) is 3.12. The van der Waals surface area contributed by atoms with Crippen LogP contribution in [0.3, 0.4) is 0 Å². The highest BCUT2D eigenvalue weighted by molar-refractivity contribution is 5.95. The third-order valence-electron chi connectivity index (χ3n) is 2.80. The number of fused-ring (bicyclic) bond motifs is 1. The Labute approximate surface area is 129 Å². The maximum atomic E-state index is 5.46. The van der Waals surface area contributed by atoms with Crippen molar-refractivity contribution in [3.63, 3.8) is 0 Å². The molecule has 2 aromatic rings. The van der Waals surface area contributed by atoms with Crippen LogP contribution in [0.15, 0.2) is 75.6 Å². The lowest BCUT2D eigenvalue weighted by Gasteiger charge is -2.13. The van der Waals surface area contributed by atoms with Crippen molar-refractivity contribution in [2.24, 2.45) is 0 Å². The van der Waals surface area contributed by atoms with Gasteiger partial charge in [0.05, 0.1) is 25.0 Å². The van der Waals surface area contributed by atoms with Gasteiger partial charge >= 0.3 is 0 Å². The quantitative estimate of drug-likeness (QED) is 0.647. The van der Waals surface area contributed by atoms with E-state index in [2.05, 4.69) is 26.3 Å². The Bertz CT molecular complexity index is 668. The summed E-state index contributed by atoms with van der Waals surface area (Å²) in [6.07, 6.45) is 5.34. The van der Waals surface area contributed by atoms with E-state index >= 15 is 0 Å². The lowest BCUT2D eigenvalue weighted by Crippen LogP contribution is -1.92. The first kappa shape index (κ1) is 15.3. The van der Waals surface area contributed by atoms with E-state index in [0.717, 1.165) is 10.8 Å². The molecule has 0 N–H and O–H groups in total. The molecule has 0 amide bonds. The van der Waals surface area contributed by atoms with Crippen LogP contribution in [0.5, 0.6) is 23.0 Å². The molecular weight excluding hydrogens is 280 g/mol. The number of ether oxygens (including phenoxy) is 4. The highest BCUT2D eigenvalue weighted by atomic mass is 16.5. The van der Waals surface area contributed by atoms with Gasteiger partial charge in [-0.05, 0) is 12.1 Å². The maximum absolute atomic E-state index is 5.46. The Kier molecular flexibility index (Phi) is 4.88. The first-order valence-corrected chi connectivity index (χ1v) is 6.45. The zero-order chi connectivity index (χ0) is 15.9. The van der Waals surface area contributed by atoms with Crippen molar-refractivity contribution in [2.45, 2.75) is 0 Å². The predicted molar refractivity (Wildman–Crippen MR) is 87.2 cm³/mol. The van der Waals surface area contributed by atoms with Crippen LogP contribution in [-0.4, -0.2) is 0 Å². The van der Waals surface area contributed by atoms with Gasteiger partial charge in [0.2, 0.25) is 0 Å². The maximum Gasteiger partial charge on any atom is 0.138 e. The summed E-state index contributed by atoms with van der Waals surface area (Å²) < 4.78 is 21.6. The summed E-state index contributed by atoms with van der Waals surface area (Å²) in [5.74, 6) is 2.22. The van der Waals surface area contributed by atoms with Gasteiger partial charge in [0.15, 0.2) is 0 Å². The van der Waals surface area contributed by atoms with Gasteiger partial charge in [-0.2, -0.15) is 0 Å². The standard InChI is InChI=1S/C18H16O4/c1-5-19-13-9-15-16(17(11-13)21-7-3)10-14(20-6-2)12-18(15)22-8-4/h5-12H,1-4H2. The molecule has 0 aliphatic carbocycles. The van der Waals surface area contributed by atoms with Gasteiger partial charge in [-0.1, -0.05) is 26.3 Å². The van der Waals surface area contributed by atoms with Crippen molar-refractivity contribution in [2.75, 3.05) is 0 Å². The van der Waals surface area contributed by atoms with Crippen LogP contribution < -0.4 is 18.9 Å². The molecule has 0 atom stereocenters. The van der Waals surface area contributed by atoms with Crippen molar-refractivity contribution >= 4 is 10.8 Å². The van der Waals surface area contributed by atoms with Crippen LogP contribution in [-0.2, 0) is 0 Å². The number of hydrogen-bond acceptors (Lipinski definition) is 4. The highest BCUT2D eigenvalue weighted by Gasteiger charge is 2.13. The molecule has 22 heavy (non-hydrogen) atoms. The summed E-state index contributed by atoms with van der Waals surface area (Å²) in [5.41, 5.74) is 0. The minimum absolute atomic E-state index is 0.549. The Morgan fingerprint density at radius 2 is 0.909 bits per heavy atom. The summed E-state index contributed by atoms with van der Waals surface area (Å²) in [7, 11) is 0. The normalized spacial score (nSPS) is 9.64. The minimum Gasteiger partial charge on any atom is -0.465 e. The van der Waals surface area contributed by atoms with Gasteiger partial charge < -0.3 is 18.9 Å². The first-order chi connectivity index (χ1) is 10.7. The van der Waals surface area contributed by atoms with Crippen molar-refractivity contribution in [1.29, 1.82) is 0 Å². The average molecular weight is 296 g/mol. The smallest absolute Gasteiger partial charge is 0.138 e. The van der Waals surface area contributed by atoms with E-state index in [-0.39, 0.29) is 0 Å². The summed E-state index contributed by atoms with van der Waals surface area (Å²) >= 11 is 0. The van der Waals surface area contributed by atoms with E-state index < -0.39 is 0 Å². The fourth-order valence-electron chi connectivity index (χ4n) is 2.05. The van der Waals surface area contributed by atoms with Crippen LogP contribution in [0.1, 0.15) is 0 Å². The second-order valence-corrected chi connectivity index (χ2v) is 4.08. The molecule has 0 fully saturated rings. The van der Waals surface area contributed by atoms with Crippen LogP contribution >= 0.6 is 0 Å². The molecule has 0 aromatic heterocycles. The zero-order valence-corrected chi connectivity index (χ0v) is 12.1. The average Bonchev–Trinajstić information content (AvgIpc) is 2.49. The lowest BCUT2D eigenvalue weighted by molar-refractivity contribution is 0.456. The monoisotopic (exact) mass is 296 g/mol. The van der Waals surface area contributed by atoms with E-state index in [4.69, 9.17) is 18.9 Å². The molecule has 4 heteroatoms. The molecule has 0 bridgehead atoms. The second-order valence-electron chi connectivity index (χ2n) is 4.08. The molecule has 0 saturated heterocycles. The molecule has 4 nitrogen and oxygen atoms in total. The van der Waals surface area contributed by atoms with Crippen molar-refractivity contribution < 1.29 is 18.9 Å². The fraction of sp³-hybridized carbons (Fsp3) is 0. The molecule has 0 heterocycles. The molecule has 0 radical (unpaired) electrons. The molecule has 0 unspecified atom stereocenters. The molecule has 0 aliphatic rings. The highest BCUT2D eigenvalue weighted by Crippen LogP contribution is 2.40. The third-order valence-corrected chi connectivity index (χ3v) is 2.80. The van der Waals surface area contributed by atoms with Crippen molar-refractivity contribution in [3.8, 4) is 23.0 Å². The molecule has 112 valence electrons. The summed E-state index contributed by atoms with van der Waals surface area (Å²) in [5, 5.41) is 1.54. The Morgan fingerprint density at radius 1 is 0.545 bits per heavy atom. The van der Waals surface area contributed by atoms with Crippen LogP contribution in [0, 0.1) is 0 Å². The van der Waals surface area contributed by atoms with E-state index in [1.165, 1.54) is 25.0 Å². The van der Waals surface area contributed by atoms with Crippen LogP contribution in [0.4, 0.5) is 0 Å². The summed E-state index contributed by atoms with van der Waals surface area (Å²) in [6, 6.07) is 7.06. The Morgan fingerprint density at radius 3 is 1.23 bits per heavy atom. The van der Waals surface area contributed by atoms with E-state index in [9.17, 15) is 0 Å².